The van der Waals surface area contributed by atoms with Gasteiger partial charge in [0, 0.05) is 17.3 Å². The molecular weight excluding hydrogens is 381 g/mol. The smallest absolute Gasteiger partial charge is 0.331 e. The molecule has 1 atom stereocenters. The van der Waals surface area contributed by atoms with Gasteiger partial charge in [-0.15, -0.1) is 0 Å². The van der Waals surface area contributed by atoms with Gasteiger partial charge in [0.25, 0.3) is 5.91 Å². The van der Waals surface area contributed by atoms with Crippen LogP contribution in [-0.2, 0) is 27.2 Å². The zero-order chi connectivity index (χ0) is 20.7. The molecule has 2 rings (SSSR count). The second-order valence-electron chi connectivity index (χ2n) is 6.20. The van der Waals surface area contributed by atoms with Gasteiger partial charge < -0.3 is 10.1 Å². The van der Waals surface area contributed by atoms with E-state index in [4.69, 9.17) is 16.3 Å². The zero-order valence-electron chi connectivity index (χ0n) is 16.1. The lowest BCUT2D eigenvalue weighted by molar-refractivity contribution is -0.148. The second-order valence-corrected chi connectivity index (χ2v) is 6.60. The Morgan fingerprint density at radius 3 is 2.32 bits per heavy atom. The van der Waals surface area contributed by atoms with E-state index in [1.54, 1.807) is 0 Å². The molecule has 0 aliphatic rings. The number of esters is 1. The summed E-state index contributed by atoms with van der Waals surface area (Å²) in [4.78, 5) is 24.5. The summed E-state index contributed by atoms with van der Waals surface area (Å²) in [5.41, 5.74) is 2.87. The largest absolute Gasteiger partial charge is 0.449 e. The lowest BCUT2D eigenvalue weighted by Crippen LogP contribution is -2.30. The van der Waals surface area contributed by atoms with Gasteiger partial charge in [0.1, 0.15) is 5.82 Å². The van der Waals surface area contributed by atoms with Crippen molar-refractivity contribution < 1.29 is 18.7 Å². The number of anilines is 1. The highest BCUT2D eigenvalue weighted by atomic mass is 35.5. The van der Waals surface area contributed by atoms with E-state index in [2.05, 4.69) is 5.32 Å². The van der Waals surface area contributed by atoms with Crippen LogP contribution >= 0.6 is 11.6 Å². The number of rotatable bonds is 7. The number of carbonyl (C=O) groups excluding carboxylic acids is 2. The standard InChI is InChI=1S/C22H23ClFNO3/c1-4-15-8-6-9-16(5-2)21(15)25-22(27)14(3)28-20(26)13-12-17-18(23)10-7-11-19(17)24/h6-14H,4-5H2,1-3H3,(H,25,27). The van der Waals surface area contributed by atoms with Crippen molar-refractivity contribution in [2.24, 2.45) is 0 Å². The van der Waals surface area contributed by atoms with E-state index in [0.29, 0.717) is 0 Å². The molecule has 4 nitrogen and oxygen atoms in total. The number of ether oxygens (including phenoxy) is 1. The minimum absolute atomic E-state index is 0.0858. The molecule has 1 amide bonds. The summed E-state index contributed by atoms with van der Waals surface area (Å²) in [6, 6.07) is 10.1. The maximum Gasteiger partial charge on any atom is 0.331 e. The fourth-order valence-corrected chi connectivity index (χ4v) is 2.94. The highest BCUT2D eigenvalue weighted by Crippen LogP contribution is 2.23. The maximum atomic E-state index is 13.7. The lowest BCUT2D eigenvalue weighted by atomic mass is 10.0. The third-order valence-corrected chi connectivity index (χ3v) is 4.62. The molecule has 0 radical (unpaired) electrons. The van der Waals surface area contributed by atoms with Crippen LogP contribution in [0, 0.1) is 5.82 Å². The summed E-state index contributed by atoms with van der Waals surface area (Å²) in [5.74, 6) is -1.74. The Bertz CT molecular complexity index is 853. The molecule has 0 fully saturated rings. The molecule has 0 bridgehead atoms. The first-order valence-corrected chi connectivity index (χ1v) is 9.49. The first-order valence-electron chi connectivity index (χ1n) is 9.11. The van der Waals surface area contributed by atoms with Crippen LogP contribution in [-0.4, -0.2) is 18.0 Å². The molecule has 1 unspecified atom stereocenters. The number of para-hydroxylation sites is 1. The highest BCUT2D eigenvalue weighted by molar-refractivity contribution is 6.32. The lowest BCUT2D eigenvalue weighted by Gasteiger charge is -2.17. The van der Waals surface area contributed by atoms with E-state index in [9.17, 15) is 14.0 Å². The molecule has 2 aromatic carbocycles. The first-order chi connectivity index (χ1) is 13.4. The Morgan fingerprint density at radius 1 is 1.14 bits per heavy atom. The van der Waals surface area contributed by atoms with Crippen molar-refractivity contribution in [1.82, 2.24) is 0 Å². The number of hydrogen-bond donors (Lipinski definition) is 1. The summed E-state index contributed by atoms with van der Waals surface area (Å²) in [7, 11) is 0. The fourth-order valence-electron chi connectivity index (χ4n) is 2.72. The van der Waals surface area contributed by atoms with Crippen LogP contribution in [0.4, 0.5) is 10.1 Å². The SMILES string of the molecule is CCc1cccc(CC)c1NC(=O)C(C)OC(=O)C=Cc1c(F)cccc1Cl. The van der Waals surface area contributed by atoms with E-state index in [1.807, 2.05) is 32.0 Å². The van der Waals surface area contributed by atoms with Crippen molar-refractivity contribution in [3.63, 3.8) is 0 Å². The molecule has 148 valence electrons. The Kier molecular flexibility index (Phi) is 7.76. The molecule has 0 saturated heterocycles. The van der Waals surface area contributed by atoms with Crippen molar-refractivity contribution in [3.8, 4) is 0 Å². The van der Waals surface area contributed by atoms with Crippen molar-refractivity contribution in [1.29, 1.82) is 0 Å². The van der Waals surface area contributed by atoms with E-state index in [0.717, 1.165) is 35.7 Å². The average molecular weight is 404 g/mol. The topological polar surface area (TPSA) is 55.4 Å². The van der Waals surface area contributed by atoms with Crippen LogP contribution in [0.1, 0.15) is 37.5 Å². The molecule has 0 saturated carbocycles. The average Bonchev–Trinajstić information content (AvgIpc) is 2.67. The molecule has 0 heterocycles. The normalized spacial score (nSPS) is 12.0. The van der Waals surface area contributed by atoms with Crippen molar-refractivity contribution in [2.75, 3.05) is 5.32 Å². The minimum Gasteiger partial charge on any atom is -0.449 e. The fraction of sp³-hybridized carbons (Fsp3) is 0.273. The summed E-state index contributed by atoms with van der Waals surface area (Å²) in [5, 5.41) is 3.04. The van der Waals surface area contributed by atoms with Crippen molar-refractivity contribution in [3.05, 3.63) is 70.0 Å². The summed E-state index contributed by atoms with van der Waals surface area (Å²) in [6.07, 6.45) is 2.80. The van der Waals surface area contributed by atoms with E-state index >= 15 is 0 Å². The molecule has 0 aromatic heterocycles. The van der Waals surface area contributed by atoms with Gasteiger partial charge in [0.15, 0.2) is 6.10 Å². The Labute approximate surface area is 169 Å². The van der Waals surface area contributed by atoms with Gasteiger partial charge in [-0.3, -0.25) is 4.79 Å². The maximum absolute atomic E-state index is 13.7. The van der Waals surface area contributed by atoms with Crippen molar-refractivity contribution >= 4 is 35.2 Å². The monoisotopic (exact) mass is 403 g/mol. The number of amides is 1. The number of aryl methyl sites for hydroxylation is 2. The van der Waals surface area contributed by atoms with Crippen molar-refractivity contribution in [2.45, 2.75) is 39.7 Å². The summed E-state index contributed by atoms with van der Waals surface area (Å²) in [6.45, 7) is 5.50. The molecule has 0 spiro atoms. The number of benzene rings is 2. The highest BCUT2D eigenvalue weighted by Gasteiger charge is 2.19. The van der Waals surface area contributed by atoms with Gasteiger partial charge in [-0.1, -0.05) is 49.7 Å². The number of hydrogen-bond acceptors (Lipinski definition) is 3. The van der Waals surface area contributed by atoms with Gasteiger partial charge in [-0.2, -0.15) is 0 Å². The van der Waals surface area contributed by atoms with Gasteiger partial charge in [0.05, 0.1) is 5.02 Å². The van der Waals surface area contributed by atoms with Gasteiger partial charge >= 0.3 is 5.97 Å². The van der Waals surface area contributed by atoms with Crippen LogP contribution in [0.2, 0.25) is 5.02 Å². The quantitative estimate of drug-likeness (QED) is 0.511. The summed E-state index contributed by atoms with van der Waals surface area (Å²) >= 11 is 5.91. The predicted octanol–water partition coefficient (Wildman–Crippen LogP) is 5.19. The summed E-state index contributed by atoms with van der Waals surface area (Å²) < 4.78 is 18.9. The Morgan fingerprint density at radius 2 is 1.75 bits per heavy atom. The van der Waals surface area contributed by atoms with Crippen LogP contribution in [0.15, 0.2) is 42.5 Å². The van der Waals surface area contributed by atoms with E-state index in [1.165, 1.54) is 31.2 Å². The number of nitrogens with one attached hydrogen (secondary N) is 1. The number of carbonyl (C=O) groups is 2. The molecule has 6 heteroatoms. The second kappa shape index (κ2) is 10.0. The third-order valence-electron chi connectivity index (χ3n) is 4.29. The Balaban J connectivity index is 2.05. The molecule has 0 aliphatic heterocycles. The molecular formula is C22H23ClFNO3. The third kappa shape index (κ3) is 5.42. The minimum atomic E-state index is -1.01. The predicted molar refractivity (Wildman–Crippen MR) is 110 cm³/mol. The van der Waals surface area contributed by atoms with Crippen LogP contribution in [0.25, 0.3) is 6.08 Å². The molecule has 2 aromatic rings. The molecule has 1 N–H and O–H groups in total. The van der Waals surface area contributed by atoms with Gasteiger partial charge in [0.2, 0.25) is 0 Å². The first kappa shape index (κ1) is 21.6. The van der Waals surface area contributed by atoms with E-state index in [-0.39, 0.29) is 10.6 Å². The Hall–Kier alpha value is -2.66. The zero-order valence-corrected chi connectivity index (χ0v) is 16.8. The van der Waals surface area contributed by atoms with E-state index < -0.39 is 23.8 Å². The van der Waals surface area contributed by atoms with Crippen LogP contribution < -0.4 is 5.32 Å². The number of halogens is 2. The van der Waals surface area contributed by atoms with Crippen LogP contribution in [0.5, 0.6) is 0 Å². The molecule has 0 aliphatic carbocycles. The van der Waals surface area contributed by atoms with Gasteiger partial charge in [-0.25, -0.2) is 9.18 Å². The van der Waals surface area contributed by atoms with Gasteiger partial charge in [-0.05, 0) is 49.1 Å². The van der Waals surface area contributed by atoms with Crippen LogP contribution in [0.3, 0.4) is 0 Å². The molecule has 28 heavy (non-hydrogen) atoms.